The van der Waals surface area contributed by atoms with Gasteiger partial charge < -0.3 is 39.7 Å². The van der Waals surface area contributed by atoms with E-state index >= 15 is 0 Å². The normalized spacial score (nSPS) is 32.3. The number of esters is 1. The van der Waals surface area contributed by atoms with Crippen molar-refractivity contribution in [1.29, 1.82) is 0 Å². The largest absolute Gasteiger partial charge is 0.459 e. The zero-order valence-corrected chi connectivity index (χ0v) is 19.6. The van der Waals surface area contributed by atoms with Crippen LogP contribution in [-0.2, 0) is 23.8 Å². The lowest BCUT2D eigenvalue weighted by Crippen LogP contribution is -2.59. The summed E-state index contributed by atoms with van der Waals surface area (Å²) >= 11 is 0. The first-order chi connectivity index (χ1) is 15.9. The molecule has 1 unspecified atom stereocenters. The summed E-state index contributed by atoms with van der Waals surface area (Å²) in [4.78, 5) is 23.5. The summed E-state index contributed by atoms with van der Waals surface area (Å²) in [7, 11) is 0. The summed E-state index contributed by atoms with van der Waals surface area (Å²) in [5.41, 5.74) is -0.750. The zero-order valence-electron chi connectivity index (χ0n) is 19.6. The van der Waals surface area contributed by atoms with Crippen LogP contribution in [0, 0.1) is 5.92 Å². The Hall–Kier alpha value is -1.92. The van der Waals surface area contributed by atoms with Crippen molar-refractivity contribution in [2.45, 2.75) is 81.9 Å². The topological polar surface area (TPSA) is 163 Å². The van der Waals surface area contributed by atoms with Crippen molar-refractivity contribution in [1.82, 2.24) is 0 Å². The van der Waals surface area contributed by atoms with Gasteiger partial charge >= 0.3 is 5.97 Å². The molecule has 34 heavy (non-hydrogen) atoms. The van der Waals surface area contributed by atoms with Crippen molar-refractivity contribution in [3.05, 3.63) is 36.5 Å². The van der Waals surface area contributed by atoms with Crippen LogP contribution in [0.2, 0.25) is 0 Å². The average molecular weight is 485 g/mol. The van der Waals surface area contributed by atoms with Crippen LogP contribution >= 0.6 is 0 Å². The third kappa shape index (κ3) is 8.09. The summed E-state index contributed by atoms with van der Waals surface area (Å²) in [5.74, 6) is -1.01. The van der Waals surface area contributed by atoms with Gasteiger partial charge in [-0.2, -0.15) is 0 Å². The number of hydrogen-bond acceptors (Lipinski definition) is 10. The number of allylic oxidation sites excluding steroid dienone is 2. The van der Waals surface area contributed by atoms with E-state index in [0.717, 1.165) is 0 Å². The van der Waals surface area contributed by atoms with Crippen LogP contribution in [-0.4, -0.2) is 92.9 Å². The minimum Gasteiger partial charge on any atom is -0.459 e. The Balaban J connectivity index is 1.83. The van der Waals surface area contributed by atoms with E-state index in [9.17, 15) is 35.1 Å². The van der Waals surface area contributed by atoms with Crippen LogP contribution < -0.4 is 0 Å². The van der Waals surface area contributed by atoms with Gasteiger partial charge in [-0.3, -0.25) is 4.79 Å². The maximum absolute atomic E-state index is 12.2. The SMILES string of the molecule is C=CC(C)(O)CC/C=C(\C)C(=O)OC[C@H]1O[C@@H](OCC[C@H](O)[C@@H]2C=CC(=O)C2)[C@H](O)[C@@H](O)[C@@H]1O. The van der Waals surface area contributed by atoms with Crippen molar-refractivity contribution >= 4 is 11.8 Å². The van der Waals surface area contributed by atoms with Gasteiger partial charge in [0, 0.05) is 17.9 Å². The van der Waals surface area contributed by atoms with E-state index in [1.807, 2.05) is 0 Å². The molecule has 1 aliphatic carbocycles. The zero-order chi connectivity index (χ0) is 25.5. The summed E-state index contributed by atoms with van der Waals surface area (Å²) in [6, 6.07) is 0. The van der Waals surface area contributed by atoms with Gasteiger partial charge in [0.25, 0.3) is 0 Å². The number of hydrogen-bond donors (Lipinski definition) is 5. The molecule has 1 heterocycles. The molecule has 0 amide bonds. The molecule has 0 radical (unpaired) electrons. The molecule has 0 spiro atoms. The van der Waals surface area contributed by atoms with Crippen molar-refractivity contribution in [2.24, 2.45) is 5.92 Å². The lowest BCUT2D eigenvalue weighted by Gasteiger charge is -2.40. The molecule has 0 saturated carbocycles. The molecule has 0 bridgehead atoms. The van der Waals surface area contributed by atoms with Gasteiger partial charge in [0.1, 0.15) is 31.0 Å². The van der Waals surface area contributed by atoms with Gasteiger partial charge in [-0.05, 0) is 39.2 Å². The molecular weight excluding hydrogens is 448 g/mol. The average Bonchev–Trinajstić information content (AvgIpc) is 3.24. The standard InChI is InChI=1S/C24H36O10/c1-4-24(3,31)10-5-6-14(2)22(30)33-13-18-19(27)20(28)21(29)23(34-18)32-11-9-17(26)15-7-8-16(25)12-15/h4,6-8,15,17-21,23,26-29,31H,1,5,9-13H2,2-3H3/b14-6+/t15-,17+,18-,19-,20+,21-,23-,24?/m1/s1. The first-order valence-corrected chi connectivity index (χ1v) is 11.4. The Labute approximate surface area is 199 Å². The maximum Gasteiger partial charge on any atom is 0.333 e. The number of aliphatic hydroxyl groups is 5. The molecule has 10 heteroatoms. The smallest absolute Gasteiger partial charge is 0.333 e. The van der Waals surface area contributed by atoms with Gasteiger partial charge in [0.05, 0.1) is 18.3 Å². The van der Waals surface area contributed by atoms with Crippen LogP contribution in [0.15, 0.2) is 36.5 Å². The Bertz CT molecular complexity index is 774. The molecule has 1 saturated heterocycles. The molecule has 10 nitrogen and oxygen atoms in total. The van der Waals surface area contributed by atoms with Crippen molar-refractivity contribution in [2.75, 3.05) is 13.2 Å². The van der Waals surface area contributed by atoms with Gasteiger partial charge in [-0.15, -0.1) is 6.58 Å². The van der Waals surface area contributed by atoms with Gasteiger partial charge in [0.15, 0.2) is 12.1 Å². The second-order valence-electron chi connectivity index (χ2n) is 9.02. The van der Waals surface area contributed by atoms with Crippen molar-refractivity contribution in [3.63, 3.8) is 0 Å². The molecular formula is C24H36O10. The number of aliphatic hydroxyl groups excluding tert-OH is 4. The molecule has 192 valence electrons. The molecule has 0 aromatic heterocycles. The second-order valence-corrected chi connectivity index (χ2v) is 9.02. The summed E-state index contributed by atoms with van der Waals surface area (Å²) in [5, 5.41) is 50.6. The Morgan fingerprint density at radius 2 is 2.03 bits per heavy atom. The molecule has 0 aromatic carbocycles. The Kier molecular flexibility index (Phi) is 10.6. The van der Waals surface area contributed by atoms with E-state index in [0.29, 0.717) is 18.4 Å². The fourth-order valence-corrected chi connectivity index (χ4v) is 3.61. The highest BCUT2D eigenvalue weighted by atomic mass is 16.7. The van der Waals surface area contributed by atoms with E-state index in [-0.39, 0.29) is 31.1 Å². The first-order valence-electron chi connectivity index (χ1n) is 11.4. The summed E-state index contributed by atoms with van der Waals surface area (Å²) in [6.45, 7) is 6.27. The predicted molar refractivity (Wildman–Crippen MR) is 120 cm³/mol. The van der Waals surface area contributed by atoms with Crippen LogP contribution in [0.3, 0.4) is 0 Å². The fourth-order valence-electron chi connectivity index (χ4n) is 3.61. The minimum absolute atomic E-state index is 0.0346. The monoisotopic (exact) mass is 484 g/mol. The van der Waals surface area contributed by atoms with E-state index in [1.54, 1.807) is 26.0 Å². The Morgan fingerprint density at radius 3 is 2.65 bits per heavy atom. The van der Waals surface area contributed by atoms with E-state index < -0.39 is 55.0 Å². The number of carbonyl (C=O) groups excluding carboxylic acids is 2. The van der Waals surface area contributed by atoms with Gasteiger partial charge in [-0.25, -0.2) is 4.79 Å². The highest BCUT2D eigenvalue weighted by Crippen LogP contribution is 2.24. The van der Waals surface area contributed by atoms with Crippen molar-refractivity contribution in [3.8, 4) is 0 Å². The minimum atomic E-state index is -1.60. The first kappa shape index (κ1) is 28.3. The molecule has 8 atom stereocenters. The number of carbonyl (C=O) groups is 2. The summed E-state index contributed by atoms with van der Waals surface area (Å²) in [6.07, 6.45) is -0.674. The number of ketones is 1. The lowest BCUT2D eigenvalue weighted by molar-refractivity contribution is -0.302. The van der Waals surface area contributed by atoms with E-state index in [4.69, 9.17) is 14.2 Å². The molecule has 5 N–H and O–H groups in total. The third-order valence-electron chi connectivity index (χ3n) is 6.07. The van der Waals surface area contributed by atoms with Crippen LogP contribution in [0.1, 0.15) is 39.5 Å². The molecule has 2 aliphatic rings. The molecule has 2 rings (SSSR count). The highest BCUT2D eigenvalue weighted by molar-refractivity contribution is 5.92. The van der Waals surface area contributed by atoms with Crippen molar-refractivity contribution < 1.29 is 49.3 Å². The van der Waals surface area contributed by atoms with E-state index in [1.165, 1.54) is 12.2 Å². The third-order valence-corrected chi connectivity index (χ3v) is 6.07. The molecule has 1 aliphatic heterocycles. The molecule has 1 fully saturated rings. The second kappa shape index (κ2) is 12.7. The number of rotatable bonds is 12. The van der Waals surface area contributed by atoms with Crippen LogP contribution in [0.5, 0.6) is 0 Å². The maximum atomic E-state index is 12.2. The predicted octanol–water partition coefficient (Wildman–Crippen LogP) is -0.0865. The quantitative estimate of drug-likeness (QED) is 0.144. The fraction of sp³-hybridized carbons (Fsp3) is 0.667. The summed E-state index contributed by atoms with van der Waals surface area (Å²) < 4.78 is 16.1. The number of ether oxygens (including phenoxy) is 3. The molecule has 0 aromatic rings. The van der Waals surface area contributed by atoms with Crippen LogP contribution in [0.4, 0.5) is 0 Å². The van der Waals surface area contributed by atoms with Crippen LogP contribution in [0.25, 0.3) is 0 Å². The van der Waals surface area contributed by atoms with Gasteiger partial charge in [0.2, 0.25) is 0 Å². The van der Waals surface area contributed by atoms with E-state index in [2.05, 4.69) is 6.58 Å². The lowest BCUT2D eigenvalue weighted by atomic mass is 9.98. The van der Waals surface area contributed by atoms with Gasteiger partial charge in [-0.1, -0.05) is 18.2 Å². The highest BCUT2D eigenvalue weighted by Gasteiger charge is 2.45. The Morgan fingerprint density at radius 1 is 1.32 bits per heavy atom.